The van der Waals surface area contributed by atoms with E-state index in [2.05, 4.69) is 37.5 Å². The average molecular weight is 298 g/mol. The first-order chi connectivity index (χ1) is 7.56. The van der Waals surface area contributed by atoms with Gasteiger partial charge >= 0.3 is 0 Å². The first kappa shape index (κ1) is 11.7. The molecule has 0 spiro atoms. The number of aryl methyl sites for hydroxylation is 1. The van der Waals surface area contributed by atoms with Gasteiger partial charge in [0.1, 0.15) is 0 Å². The predicted octanol–water partition coefficient (Wildman–Crippen LogP) is 3.70. The first-order valence-electron chi connectivity index (χ1n) is 4.86. The third kappa shape index (κ3) is 2.47. The number of fused-ring (bicyclic) bond motifs is 1. The van der Waals surface area contributed by atoms with Crippen LogP contribution < -0.4 is 0 Å². The van der Waals surface area contributed by atoms with Gasteiger partial charge in [-0.05, 0) is 35.8 Å². The van der Waals surface area contributed by atoms with E-state index in [-0.39, 0.29) is 0 Å². The molecule has 84 valence electrons. The lowest BCUT2D eigenvalue weighted by Crippen LogP contribution is -1.83. The summed E-state index contributed by atoms with van der Waals surface area (Å²) in [4.78, 5) is 12.1. The minimum Gasteiger partial charge on any atom is -0.331 e. The normalized spacial score (nSPS) is 10.9. The van der Waals surface area contributed by atoms with Crippen LogP contribution in [0.2, 0.25) is 0 Å². The van der Waals surface area contributed by atoms with Gasteiger partial charge in [-0.2, -0.15) is 0 Å². The Labute approximate surface area is 107 Å². The van der Waals surface area contributed by atoms with E-state index >= 15 is 0 Å². The van der Waals surface area contributed by atoms with E-state index in [4.69, 9.17) is 0 Å². The van der Waals surface area contributed by atoms with Gasteiger partial charge in [0, 0.05) is 10.2 Å². The zero-order valence-electron chi connectivity index (χ0n) is 9.17. The molecule has 2 rings (SSSR count). The minimum atomic E-state index is 0.768. The van der Waals surface area contributed by atoms with Crippen molar-refractivity contribution < 1.29 is 0 Å². The van der Waals surface area contributed by atoms with Crippen molar-refractivity contribution in [1.82, 2.24) is 15.0 Å². The molecule has 0 aliphatic carbocycles. The van der Waals surface area contributed by atoms with Crippen molar-refractivity contribution in [3.63, 3.8) is 0 Å². The molecule has 5 heteroatoms. The second kappa shape index (κ2) is 4.59. The molecule has 0 aliphatic rings. The number of rotatable bonds is 3. The van der Waals surface area contributed by atoms with E-state index in [1.807, 2.05) is 19.9 Å². The van der Waals surface area contributed by atoms with Crippen LogP contribution in [0.4, 0.5) is 0 Å². The Morgan fingerprint density at radius 3 is 3.00 bits per heavy atom. The first-order valence-corrected chi connectivity index (χ1v) is 6.64. The molecule has 16 heavy (non-hydrogen) atoms. The van der Waals surface area contributed by atoms with Crippen LogP contribution in [-0.4, -0.2) is 20.7 Å². The van der Waals surface area contributed by atoms with Gasteiger partial charge in [0.05, 0.1) is 11.2 Å². The number of aromatic amines is 1. The summed E-state index contributed by atoms with van der Waals surface area (Å²) >= 11 is 5.10. The number of hydrogen-bond donors (Lipinski definition) is 1. The maximum absolute atomic E-state index is 4.42. The van der Waals surface area contributed by atoms with Gasteiger partial charge in [0.15, 0.2) is 10.8 Å². The molecule has 2 aromatic heterocycles. The number of halogens is 1. The van der Waals surface area contributed by atoms with Crippen molar-refractivity contribution in [2.45, 2.75) is 19.0 Å². The maximum Gasteiger partial charge on any atom is 0.178 e. The van der Waals surface area contributed by atoms with E-state index in [0.29, 0.717) is 0 Å². The monoisotopic (exact) mass is 297 g/mol. The number of H-pyrrole nitrogens is 1. The molecule has 2 heterocycles. The summed E-state index contributed by atoms with van der Waals surface area (Å²) in [6, 6.07) is 2.01. The van der Waals surface area contributed by atoms with Gasteiger partial charge in [-0.1, -0.05) is 23.9 Å². The van der Waals surface area contributed by atoms with Crippen molar-refractivity contribution in [3.8, 4) is 0 Å². The quantitative estimate of drug-likeness (QED) is 0.694. The van der Waals surface area contributed by atoms with Crippen molar-refractivity contribution in [2.75, 3.05) is 5.75 Å². The van der Waals surface area contributed by atoms with Crippen LogP contribution in [0.25, 0.3) is 11.2 Å². The summed E-state index contributed by atoms with van der Waals surface area (Å²) < 4.78 is 1.00. The Morgan fingerprint density at radius 2 is 2.31 bits per heavy atom. The van der Waals surface area contributed by atoms with E-state index in [1.165, 1.54) is 0 Å². The Hall–Kier alpha value is -0.810. The Bertz CT molecular complexity index is 508. The SMILES string of the molecule is C=C(C)CSc1nc2nc(C)c(Br)cc2[nH]1. The van der Waals surface area contributed by atoms with Gasteiger partial charge in [-0.3, -0.25) is 0 Å². The van der Waals surface area contributed by atoms with E-state index in [0.717, 1.165) is 37.8 Å². The van der Waals surface area contributed by atoms with Crippen molar-refractivity contribution in [2.24, 2.45) is 0 Å². The smallest absolute Gasteiger partial charge is 0.178 e. The van der Waals surface area contributed by atoms with Crippen LogP contribution in [0.3, 0.4) is 0 Å². The fourth-order valence-corrected chi connectivity index (χ4v) is 2.28. The lowest BCUT2D eigenvalue weighted by atomic mass is 10.3. The number of imidazole rings is 1. The zero-order valence-corrected chi connectivity index (χ0v) is 11.6. The fraction of sp³-hybridized carbons (Fsp3) is 0.273. The van der Waals surface area contributed by atoms with E-state index in [9.17, 15) is 0 Å². The summed E-state index contributed by atoms with van der Waals surface area (Å²) in [5.74, 6) is 0.875. The van der Waals surface area contributed by atoms with Gasteiger partial charge < -0.3 is 4.98 Å². The highest BCUT2D eigenvalue weighted by Crippen LogP contribution is 2.23. The highest BCUT2D eigenvalue weighted by atomic mass is 79.9. The lowest BCUT2D eigenvalue weighted by molar-refractivity contribution is 1.07. The minimum absolute atomic E-state index is 0.768. The van der Waals surface area contributed by atoms with Crippen LogP contribution in [0.15, 0.2) is 27.8 Å². The third-order valence-electron chi connectivity index (χ3n) is 2.04. The molecule has 0 atom stereocenters. The standard InChI is InChI=1S/C11H12BrN3S/c1-6(2)5-16-11-14-9-4-8(12)7(3)13-10(9)15-11/h4H,1,5H2,2-3H3,(H,13,14,15). The number of hydrogen-bond acceptors (Lipinski definition) is 3. The summed E-state index contributed by atoms with van der Waals surface area (Å²) in [6.45, 7) is 7.83. The number of nitrogens with zero attached hydrogens (tertiary/aromatic N) is 2. The highest BCUT2D eigenvalue weighted by Gasteiger charge is 2.07. The van der Waals surface area contributed by atoms with Gasteiger partial charge in [-0.25, -0.2) is 9.97 Å². The number of thioether (sulfide) groups is 1. The molecule has 0 aromatic carbocycles. The third-order valence-corrected chi connectivity index (χ3v) is 3.94. The molecule has 0 aliphatic heterocycles. The van der Waals surface area contributed by atoms with Crippen LogP contribution >= 0.6 is 27.7 Å². The van der Waals surface area contributed by atoms with Gasteiger partial charge in [0.25, 0.3) is 0 Å². The zero-order chi connectivity index (χ0) is 11.7. The molecule has 0 bridgehead atoms. The molecule has 0 fully saturated rings. The lowest BCUT2D eigenvalue weighted by Gasteiger charge is -1.94. The molecule has 0 amide bonds. The summed E-state index contributed by atoms with van der Waals surface area (Å²) in [5, 5.41) is 0.892. The summed E-state index contributed by atoms with van der Waals surface area (Å²) in [6.07, 6.45) is 0. The van der Waals surface area contributed by atoms with E-state index in [1.54, 1.807) is 11.8 Å². The van der Waals surface area contributed by atoms with Crippen LogP contribution in [0.1, 0.15) is 12.6 Å². The Balaban J connectivity index is 2.33. The molecule has 2 aromatic rings. The molecule has 0 saturated carbocycles. The largest absolute Gasteiger partial charge is 0.331 e. The Kier molecular flexibility index (Phi) is 3.35. The summed E-state index contributed by atoms with van der Waals surface area (Å²) in [7, 11) is 0. The number of pyridine rings is 1. The fourth-order valence-electron chi connectivity index (χ4n) is 1.24. The molecular weight excluding hydrogens is 286 g/mol. The van der Waals surface area contributed by atoms with Crippen molar-refractivity contribution >= 4 is 38.9 Å². The van der Waals surface area contributed by atoms with E-state index < -0.39 is 0 Å². The molecule has 0 radical (unpaired) electrons. The second-order valence-electron chi connectivity index (χ2n) is 3.71. The van der Waals surface area contributed by atoms with Gasteiger partial charge in [0.2, 0.25) is 0 Å². The van der Waals surface area contributed by atoms with Crippen LogP contribution in [0.5, 0.6) is 0 Å². The summed E-state index contributed by atoms with van der Waals surface area (Å²) in [5.41, 5.74) is 3.82. The highest BCUT2D eigenvalue weighted by molar-refractivity contribution is 9.10. The number of nitrogens with one attached hydrogen (secondary N) is 1. The Morgan fingerprint density at radius 1 is 1.56 bits per heavy atom. The second-order valence-corrected chi connectivity index (χ2v) is 5.53. The van der Waals surface area contributed by atoms with Crippen LogP contribution in [0, 0.1) is 6.92 Å². The van der Waals surface area contributed by atoms with Crippen molar-refractivity contribution in [1.29, 1.82) is 0 Å². The molecule has 0 saturated heterocycles. The maximum atomic E-state index is 4.42. The molecule has 1 N–H and O–H groups in total. The van der Waals surface area contributed by atoms with Crippen molar-refractivity contribution in [3.05, 3.63) is 28.4 Å². The topological polar surface area (TPSA) is 41.6 Å². The number of aromatic nitrogens is 3. The average Bonchev–Trinajstić information content (AvgIpc) is 2.58. The molecule has 0 unspecified atom stereocenters. The molecule has 3 nitrogen and oxygen atoms in total. The van der Waals surface area contributed by atoms with Crippen LogP contribution in [-0.2, 0) is 0 Å². The molecular formula is C11H12BrN3S. The van der Waals surface area contributed by atoms with Gasteiger partial charge in [-0.15, -0.1) is 0 Å². The predicted molar refractivity (Wildman–Crippen MR) is 71.9 cm³/mol.